The highest BCUT2D eigenvalue weighted by atomic mass is 19.1. The van der Waals surface area contributed by atoms with Crippen molar-refractivity contribution in [3.8, 4) is 5.75 Å². The zero-order chi connectivity index (χ0) is 20.1. The number of rotatable bonds is 3. The van der Waals surface area contributed by atoms with E-state index in [4.69, 9.17) is 4.42 Å². The minimum Gasteiger partial charge on any atom is -0.508 e. The van der Waals surface area contributed by atoms with Gasteiger partial charge in [-0.3, -0.25) is 0 Å². The molecule has 0 unspecified atom stereocenters. The van der Waals surface area contributed by atoms with E-state index in [0.717, 1.165) is 33.7 Å². The van der Waals surface area contributed by atoms with E-state index in [2.05, 4.69) is 18.0 Å². The van der Waals surface area contributed by atoms with Gasteiger partial charge in [-0.2, -0.15) is 0 Å². The number of nitrogens with zero attached hydrogens (tertiary/aromatic N) is 2. The maximum absolute atomic E-state index is 14.4. The van der Waals surface area contributed by atoms with Crippen molar-refractivity contribution in [3.05, 3.63) is 82.1 Å². The van der Waals surface area contributed by atoms with E-state index in [1.165, 1.54) is 18.2 Å². The lowest BCUT2D eigenvalue weighted by Crippen LogP contribution is -2.09. The van der Waals surface area contributed by atoms with Crippen LogP contribution in [0, 0.1) is 5.82 Å². The predicted molar refractivity (Wildman–Crippen MR) is 110 cm³/mol. The molecule has 0 fully saturated rings. The second-order valence-corrected chi connectivity index (χ2v) is 7.04. The molecule has 3 aromatic heterocycles. The molecule has 2 aromatic carbocycles. The third-order valence-corrected chi connectivity index (χ3v) is 5.32. The number of aromatic nitrogens is 2. The Morgan fingerprint density at radius 1 is 1.14 bits per heavy atom. The van der Waals surface area contributed by atoms with Gasteiger partial charge in [0.25, 0.3) is 0 Å². The van der Waals surface area contributed by atoms with E-state index in [0.29, 0.717) is 5.52 Å². The average molecular weight is 388 g/mol. The van der Waals surface area contributed by atoms with Gasteiger partial charge in [-0.15, -0.1) is 0 Å². The van der Waals surface area contributed by atoms with E-state index in [1.807, 2.05) is 18.2 Å². The Labute approximate surface area is 164 Å². The molecular formula is C23H17FN2O3. The number of benzene rings is 2. The summed E-state index contributed by atoms with van der Waals surface area (Å²) in [6, 6.07) is 13.5. The highest BCUT2D eigenvalue weighted by Crippen LogP contribution is 2.34. The fourth-order valence-corrected chi connectivity index (χ4v) is 3.92. The van der Waals surface area contributed by atoms with Crippen LogP contribution in [0.5, 0.6) is 5.75 Å². The van der Waals surface area contributed by atoms with Crippen LogP contribution in [0.3, 0.4) is 0 Å². The molecule has 6 heteroatoms. The zero-order valence-electron chi connectivity index (χ0n) is 15.6. The van der Waals surface area contributed by atoms with Crippen molar-refractivity contribution >= 4 is 32.9 Å². The van der Waals surface area contributed by atoms with E-state index >= 15 is 0 Å². The van der Waals surface area contributed by atoms with Gasteiger partial charge in [0.1, 0.15) is 17.1 Å². The van der Waals surface area contributed by atoms with Crippen LogP contribution in [0.2, 0.25) is 0 Å². The van der Waals surface area contributed by atoms with Gasteiger partial charge in [0.2, 0.25) is 5.71 Å². The Hall–Kier alpha value is -3.67. The summed E-state index contributed by atoms with van der Waals surface area (Å²) < 4.78 is 21.6. The Morgan fingerprint density at radius 2 is 2.00 bits per heavy atom. The third kappa shape index (κ3) is 2.68. The molecule has 3 heterocycles. The maximum atomic E-state index is 14.4. The van der Waals surface area contributed by atoms with Crippen LogP contribution in [0.4, 0.5) is 4.39 Å². The van der Waals surface area contributed by atoms with Gasteiger partial charge in [0.15, 0.2) is 0 Å². The smallest absolute Gasteiger partial charge is 0.362 e. The molecule has 0 amide bonds. The highest BCUT2D eigenvalue weighted by molar-refractivity contribution is 6.18. The molecule has 5 nitrogen and oxygen atoms in total. The molecule has 144 valence electrons. The first-order valence-electron chi connectivity index (χ1n) is 9.37. The van der Waals surface area contributed by atoms with E-state index < -0.39 is 11.4 Å². The van der Waals surface area contributed by atoms with Crippen LogP contribution in [0.25, 0.3) is 32.9 Å². The molecule has 0 aliphatic heterocycles. The lowest BCUT2D eigenvalue weighted by Gasteiger charge is -2.09. The molecule has 0 saturated heterocycles. The van der Waals surface area contributed by atoms with Crippen molar-refractivity contribution < 1.29 is 13.9 Å². The van der Waals surface area contributed by atoms with E-state index in [1.54, 1.807) is 16.8 Å². The molecule has 29 heavy (non-hydrogen) atoms. The topological polar surface area (TPSA) is 68.3 Å². The Morgan fingerprint density at radius 3 is 2.83 bits per heavy atom. The van der Waals surface area contributed by atoms with Crippen LogP contribution in [-0.4, -0.2) is 14.7 Å². The largest absolute Gasteiger partial charge is 0.508 e. The van der Waals surface area contributed by atoms with Crippen LogP contribution < -0.4 is 5.63 Å². The number of phenolic OH excluding ortho intramolecular Hbond substituents is 1. The number of aromatic hydroxyl groups is 1. The molecule has 5 rings (SSSR count). The minimum absolute atomic E-state index is 0.0304. The molecule has 1 N–H and O–H groups in total. The first-order valence-corrected chi connectivity index (χ1v) is 9.37. The average Bonchev–Trinajstić information content (AvgIpc) is 3.05. The molecule has 5 aromatic rings. The number of phenols is 1. The predicted octanol–water partition coefficient (Wildman–Crippen LogP) is 4.75. The van der Waals surface area contributed by atoms with Gasteiger partial charge in [0, 0.05) is 33.4 Å². The first-order chi connectivity index (χ1) is 14.1. The maximum Gasteiger partial charge on any atom is 0.362 e. The summed E-state index contributed by atoms with van der Waals surface area (Å²) >= 11 is 0. The molecule has 0 spiro atoms. The summed E-state index contributed by atoms with van der Waals surface area (Å²) in [7, 11) is 0. The van der Waals surface area contributed by atoms with Gasteiger partial charge < -0.3 is 14.1 Å². The van der Waals surface area contributed by atoms with Crippen LogP contribution >= 0.6 is 0 Å². The Kier molecular flexibility index (Phi) is 3.87. The number of aryl methyl sites for hydroxylation is 1. The molecular weight excluding hydrogens is 371 g/mol. The van der Waals surface area contributed by atoms with Gasteiger partial charge in [0.05, 0.1) is 6.54 Å². The fraction of sp³-hybridized carbons (Fsp3) is 0.130. The first kappa shape index (κ1) is 17.4. The number of pyridine rings is 1. The Bertz CT molecular complexity index is 1470. The van der Waals surface area contributed by atoms with Gasteiger partial charge >= 0.3 is 5.63 Å². The monoisotopic (exact) mass is 388 g/mol. The van der Waals surface area contributed by atoms with Gasteiger partial charge in [-0.25, -0.2) is 14.2 Å². The lowest BCUT2D eigenvalue weighted by molar-refractivity contribution is 0.471. The van der Waals surface area contributed by atoms with Crippen LogP contribution in [0.1, 0.15) is 18.1 Å². The number of halogens is 1. The second kappa shape index (κ2) is 6.44. The number of hydrogen-bond acceptors (Lipinski definition) is 4. The fourth-order valence-electron chi connectivity index (χ4n) is 3.92. The molecule has 0 radical (unpaired) electrons. The number of fused-ring (bicyclic) bond motifs is 5. The van der Waals surface area contributed by atoms with Crippen molar-refractivity contribution in [3.63, 3.8) is 0 Å². The molecule has 0 bridgehead atoms. The van der Waals surface area contributed by atoms with Gasteiger partial charge in [-0.1, -0.05) is 13.0 Å². The third-order valence-electron chi connectivity index (χ3n) is 5.32. The summed E-state index contributed by atoms with van der Waals surface area (Å²) in [5.74, 6) is -0.480. The standard InChI is InChI=1S/C23H17FN2O3/c1-2-13-5-8-19-17(10-13)20-16-4-3-9-25-22(16)29-23(28)21(20)26(19)12-14-11-15(27)6-7-18(14)24/h3-11,27H,2,12H2,1H3. The Balaban J connectivity index is 1.93. The highest BCUT2D eigenvalue weighted by Gasteiger charge is 2.20. The summed E-state index contributed by atoms with van der Waals surface area (Å²) in [4.78, 5) is 17.1. The summed E-state index contributed by atoms with van der Waals surface area (Å²) in [6.07, 6.45) is 2.43. The van der Waals surface area contributed by atoms with Crippen molar-refractivity contribution in [2.45, 2.75) is 19.9 Å². The van der Waals surface area contributed by atoms with Crippen molar-refractivity contribution in [1.29, 1.82) is 0 Å². The lowest BCUT2D eigenvalue weighted by atomic mass is 10.1. The summed E-state index contributed by atoms with van der Waals surface area (Å²) in [6.45, 7) is 2.15. The van der Waals surface area contributed by atoms with E-state index in [-0.39, 0.29) is 23.6 Å². The molecule has 0 aliphatic carbocycles. The van der Waals surface area contributed by atoms with Gasteiger partial charge in [-0.05, 0) is 54.4 Å². The molecule has 0 aliphatic rings. The van der Waals surface area contributed by atoms with Crippen LogP contribution in [0.15, 0.2) is 63.9 Å². The van der Waals surface area contributed by atoms with Crippen molar-refractivity contribution in [1.82, 2.24) is 9.55 Å². The van der Waals surface area contributed by atoms with Crippen LogP contribution in [-0.2, 0) is 13.0 Å². The quantitative estimate of drug-likeness (QED) is 0.484. The zero-order valence-corrected chi connectivity index (χ0v) is 15.6. The SMILES string of the molecule is CCc1ccc2c(c1)c1c3cccnc3oc(=O)c1n2Cc1cc(O)ccc1F. The van der Waals surface area contributed by atoms with Crippen molar-refractivity contribution in [2.75, 3.05) is 0 Å². The minimum atomic E-state index is -0.527. The number of hydrogen-bond donors (Lipinski definition) is 1. The summed E-state index contributed by atoms with van der Waals surface area (Å²) in [5.41, 5.74) is 2.31. The molecule has 0 atom stereocenters. The summed E-state index contributed by atoms with van der Waals surface area (Å²) in [5, 5.41) is 12.2. The molecule has 0 saturated carbocycles. The van der Waals surface area contributed by atoms with E-state index in [9.17, 15) is 14.3 Å². The van der Waals surface area contributed by atoms with Crippen molar-refractivity contribution in [2.24, 2.45) is 0 Å². The second-order valence-electron chi connectivity index (χ2n) is 7.04. The normalized spacial score (nSPS) is 11.7.